The normalized spacial score (nSPS) is 10.2. The maximum Gasteiger partial charge on any atom is 0.342 e. The molecule has 98 valence electrons. The Morgan fingerprint density at radius 2 is 2.00 bits per heavy atom. The molecule has 1 heterocycles. The molecule has 4 nitrogen and oxygen atoms in total. The Bertz CT molecular complexity index is 624. The zero-order chi connectivity index (χ0) is 13.8. The van der Waals surface area contributed by atoms with Gasteiger partial charge in [-0.2, -0.15) is 0 Å². The Morgan fingerprint density at radius 3 is 2.63 bits per heavy atom. The van der Waals surface area contributed by atoms with Crippen molar-refractivity contribution in [3.05, 3.63) is 57.6 Å². The van der Waals surface area contributed by atoms with Crippen molar-refractivity contribution in [3.8, 4) is 0 Å². The molecular formula is C14H14N2O2S. The molecule has 2 rings (SSSR count). The number of nitrogens with zero attached hydrogens (tertiary/aromatic N) is 1. The van der Waals surface area contributed by atoms with Crippen LogP contribution in [0.2, 0.25) is 0 Å². The number of rotatable bonds is 3. The number of H-pyrrole nitrogens is 1. The summed E-state index contributed by atoms with van der Waals surface area (Å²) in [5.41, 5.74) is 2.65. The monoisotopic (exact) mass is 274 g/mol. The van der Waals surface area contributed by atoms with Crippen molar-refractivity contribution >= 4 is 18.2 Å². The molecule has 0 amide bonds. The maximum absolute atomic E-state index is 12.1. The fourth-order valence-corrected chi connectivity index (χ4v) is 2.12. The van der Waals surface area contributed by atoms with Crippen LogP contribution in [0.15, 0.2) is 30.3 Å². The van der Waals surface area contributed by atoms with Crippen molar-refractivity contribution in [2.45, 2.75) is 20.5 Å². The summed E-state index contributed by atoms with van der Waals surface area (Å²) in [5.74, 6) is -0.391. The van der Waals surface area contributed by atoms with Crippen LogP contribution in [0.5, 0.6) is 0 Å². The van der Waals surface area contributed by atoms with Gasteiger partial charge in [0.05, 0.1) is 11.3 Å². The van der Waals surface area contributed by atoms with Gasteiger partial charge in [-0.15, -0.1) is 0 Å². The molecule has 0 saturated heterocycles. The number of aryl methyl sites for hydroxylation is 2. The Hall–Kier alpha value is -2.01. The fraction of sp³-hybridized carbons (Fsp3) is 0.214. The van der Waals surface area contributed by atoms with E-state index in [1.165, 1.54) is 0 Å². The zero-order valence-electron chi connectivity index (χ0n) is 10.8. The minimum Gasteiger partial charge on any atom is -0.457 e. The molecule has 0 radical (unpaired) electrons. The summed E-state index contributed by atoms with van der Waals surface area (Å²) in [6.07, 6.45) is 0. The lowest BCUT2D eigenvalue weighted by Crippen LogP contribution is -2.12. The third kappa shape index (κ3) is 3.26. The van der Waals surface area contributed by atoms with E-state index < -0.39 is 5.97 Å². The second-order valence-corrected chi connectivity index (χ2v) is 4.58. The Kier molecular flexibility index (Phi) is 4.06. The van der Waals surface area contributed by atoms with Gasteiger partial charge in [0, 0.05) is 5.69 Å². The number of hydrogen-bond donors (Lipinski definition) is 1. The Labute approximate surface area is 116 Å². The molecule has 19 heavy (non-hydrogen) atoms. The lowest BCUT2D eigenvalue weighted by Gasteiger charge is -2.09. The average Bonchev–Trinajstić information content (AvgIpc) is 2.36. The molecule has 0 unspecified atom stereocenters. The van der Waals surface area contributed by atoms with Crippen LogP contribution in [0.3, 0.4) is 0 Å². The molecule has 0 fully saturated rings. The van der Waals surface area contributed by atoms with Crippen LogP contribution in [-0.2, 0) is 11.3 Å². The molecule has 5 heteroatoms. The number of hydrogen-bond acceptors (Lipinski definition) is 4. The number of carbonyl (C=O) groups excluding carboxylic acids is 1. The van der Waals surface area contributed by atoms with Gasteiger partial charge >= 0.3 is 5.97 Å². The first-order valence-corrected chi connectivity index (χ1v) is 6.27. The second-order valence-electron chi connectivity index (χ2n) is 4.19. The van der Waals surface area contributed by atoms with Crippen molar-refractivity contribution in [2.24, 2.45) is 0 Å². The first-order chi connectivity index (χ1) is 9.08. The molecule has 0 aliphatic rings. The van der Waals surface area contributed by atoms with Gasteiger partial charge in [-0.1, -0.05) is 30.3 Å². The number of ether oxygens (including phenoxy) is 1. The summed E-state index contributed by atoms with van der Waals surface area (Å²) in [6.45, 7) is 3.77. The molecule has 2 aromatic rings. The fourth-order valence-electron chi connectivity index (χ4n) is 1.83. The third-order valence-corrected chi connectivity index (χ3v) is 2.91. The van der Waals surface area contributed by atoms with Crippen LogP contribution in [0.4, 0.5) is 0 Å². The van der Waals surface area contributed by atoms with Gasteiger partial charge < -0.3 is 9.72 Å². The second kappa shape index (κ2) is 5.75. The molecule has 0 saturated carbocycles. The van der Waals surface area contributed by atoms with Crippen molar-refractivity contribution in [1.29, 1.82) is 0 Å². The number of esters is 1. The van der Waals surface area contributed by atoms with E-state index in [1.807, 2.05) is 30.3 Å². The quantitative estimate of drug-likeness (QED) is 0.690. The number of aromatic nitrogens is 2. The van der Waals surface area contributed by atoms with Crippen molar-refractivity contribution in [2.75, 3.05) is 0 Å². The molecule has 1 aromatic heterocycles. The van der Waals surface area contributed by atoms with E-state index in [9.17, 15) is 4.79 Å². The molecule has 0 aliphatic carbocycles. The first kappa shape index (κ1) is 13.4. The summed E-state index contributed by atoms with van der Waals surface area (Å²) in [6, 6.07) is 9.54. The zero-order valence-corrected chi connectivity index (χ0v) is 11.6. The van der Waals surface area contributed by atoms with Gasteiger partial charge in [0.2, 0.25) is 0 Å². The number of aromatic amines is 1. The van der Waals surface area contributed by atoms with E-state index in [0.29, 0.717) is 21.7 Å². The molecule has 0 aliphatic heterocycles. The molecular weight excluding hydrogens is 260 g/mol. The van der Waals surface area contributed by atoms with Crippen molar-refractivity contribution < 1.29 is 9.53 Å². The van der Waals surface area contributed by atoms with Crippen molar-refractivity contribution in [1.82, 2.24) is 9.97 Å². The lowest BCUT2D eigenvalue weighted by atomic mass is 10.2. The summed E-state index contributed by atoms with van der Waals surface area (Å²) >= 11 is 4.96. The first-order valence-electron chi connectivity index (χ1n) is 5.86. The van der Waals surface area contributed by atoms with Crippen LogP contribution in [0, 0.1) is 18.6 Å². The maximum atomic E-state index is 12.1. The Balaban J connectivity index is 2.15. The topological polar surface area (TPSA) is 55.0 Å². The summed E-state index contributed by atoms with van der Waals surface area (Å²) in [7, 11) is 0. The van der Waals surface area contributed by atoms with Gasteiger partial charge in [-0.25, -0.2) is 9.78 Å². The standard InChI is InChI=1S/C14H14N2O2S/c1-9-12(10(2)16-14(19)15-9)13(17)18-8-11-6-4-3-5-7-11/h3-7H,8H2,1-2H3,(H,15,16,19). The smallest absolute Gasteiger partial charge is 0.342 e. The summed E-state index contributed by atoms with van der Waals surface area (Å²) in [4.78, 5) is 19.0. The SMILES string of the molecule is Cc1nc(=S)[nH]c(C)c1C(=O)OCc1ccccc1. The van der Waals surface area contributed by atoms with E-state index in [-0.39, 0.29) is 6.61 Å². The minimum atomic E-state index is -0.391. The van der Waals surface area contributed by atoms with E-state index in [2.05, 4.69) is 9.97 Å². The lowest BCUT2D eigenvalue weighted by molar-refractivity contribution is 0.0469. The van der Waals surface area contributed by atoms with E-state index in [0.717, 1.165) is 5.56 Å². The van der Waals surface area contributed by atoms with E-state index in [4.69, 9.17) is 17.0 Å². The van der Waals surface area contributed by atoms with E-state index in [1.54, 1.807) is 13.8 Å². The molecule has 1 N–H and O–H groups in total. The van der Waals surface area contributed by atoms with Gasteiger partial charge in [-0.3, -0.25) is 0 Å². The molecule has 0 bridgehead atoms. The molecule has 1 aromatic carbocycles. The predicted molar refractivity (Wildman–Crippen MR) is 74.5 cm³/mol. The largest absolute Gasteiger partial charge is 0.457 e. The van der Waals surface area contributed by atoms with Gasteiger partial charge in [-0.05, 0) is 31.6 Å². The minimum absolute atomic E-state index is 0.244. The third-order valence-electron chi connectivity index (χ3n) is 2.72. The van der Waals surface area contributed by atoms with Crippen LogP contribution < -0.4 is 0 Å². The van der Waals surface area contributed by atoms with E-state index >= 15 is 0 Å². The van der Waals surface area contributed by atoms with Gasteiger partial charge in [0.15, 0.2) is 4.77 Å². The number of nitrogens with one attached hydrogen (secondary N) is 1. The van der Waals surface area contributed by atoms with Gasteiger partial charge in [0.1, 0.15) is 6.61 Å². The highest BCUT2D eigenvalue weighted by molar-refractivity contribution is 7.71. The molecule has 0 spiro atoms. The van der Waals surface area contributed by atoms with Gasteiger partial charge in [0.25, 0.3) is 0 Å². The highest BCUT2D eigenvalue weighted by atomic mass is 32.1. The Morgan fingerprint density at radius 1 is 1.32 bits per heavy atom. The summed E-state index contributed by atoms with van der Waals surface area (Å²) < 4.78 is 5.65. The van der Waals surface area contributed by atoms with Crippen LogP contribution in [-0.4, -0.2) is 15.9 Å². The summed E-state index contributed by atoms with van der Waals surface area (Å²) in [5, 5.41) is 0. The van der Waals surface area contributed by atoms with Crippen LogP contribution >= 0.6 is 12.2 Å². The predicted octanol–water partition coefficient (Wildman–Crippen LogP) is 3.11. The van der Waals surface area contributed by atoms with Crippen LogP contribution in [0.25, 0.3) is 0 Å². The highest BCUT2D eigenvalue weighted by Crippen LogP contribution is 2.12. The molecule has 0 atom stereocenters. The van der Waals surface area contributed by atoms with Crippen molar-refractivity contribution in [3.63, 3.8) is 0 Å². The number of benzene rings is 1. The number of carbonyl (C=O) groups is 1. The highest BCUT2D eigenvalue weighted by Gasteiger charge is 2.15. The average molecular weight is 274 g/mol. The van der Waals surface area contributed by atoms with Crippen LogP contribution in [0.1, 0.15) is 27.3 Å².